The second-order valence-corrected chi connectivity index (χ2v) is 15.1. The topological polar surface area (TPSA) is 172 Å². The Morgan fingerprint density at radius 2 is 1.67 bits per heavy atom. The van der Waals surface area contributed by atoms with Crippen molar-refractivity contribution in [2.75, 3.05) is 13.7 Å². The van der Waals surface area contributed by atoms with Crippen LogP contribution in [0.1, 0.15) is 86.1 Å². The smallest absolute Gasteiger partial charge is 0.331 e. The molecular formula is C40H50O12. The molecule has 0 aliphatic heterocycles. The number of ketones is 1. The quantitative estimate of drug-likeness (QED) is 0.0992. The van der Waals surface area contributed by atoms with E-state index in [1.807, 2.05) is 27.7 Å². The second-order valence-electron chi connectivity index (χ2n) is 15.1. The standard InChI is InChI=1S/C40H50O12/c1-9-11-31(42)49-21-26-18-27-34-37(6,7)40(34,52-33(44)12-10-2)36(23(4)39(27,47)30-17-22(3)35(45)38(30,46)20-26)51-32(43)16-14-25-13-15-28(48-8)29(19-25)50-24(5)41/h13-19,23,27,30,34,36,46-47H,9-12,20-21H2,1-8H3/b16-14+/t23-,27+,30-,34-,36-,38-,39-,40-/m1/s1. The Bertz CT molecular complexity index is 1740. The highest BCUT2D eigenvalue weighted by Gasteiger charge is 2.88. The molecule has 2 N–H and O–H groups in total. The number of carbonyl (C=O) groups excluding carboxylic acids is 5. The molecule has 0 amide bonds. The van der Waals surface area contributed by atoms with E-state index in [-0.39, 0.29) is 37.2 Å². The number of hydrogen-bond acceptors (Lipinski definition) is 12. The molecule has 0 spiro atoms. The summed E-state index contributed by atoms with van der Waals surface area (Å²) in [6.45, 7) is 11.8. The lowest BCUT2D eigenvalue weighted by molar-refractivity contribution is -0.227. The SMILES string of the molecule is CCCC(=O)OCC1=C[C@H]2[C@@H]3C(C)(C)[C@]3(OC(=O)CCC)[C@H](OC(=O)/C=C/c3ccc(OC)c(OC(C)=O)c3)[C@@H](C)[C@]2(O)[C@@H]2C=C(C)C(=O)[C@@]2(O)C1. The molecule has 8 atom stereocenters. The third-order valence-corrected chi connectivity index (χ3v) is 11.5. The van der Waals surface area contributed by atoms with Crippen molar-refractivity contribution in [3.8, 4) is 11.5 Å². The van der Waals surface area contributed by atoms with Gasteiger partial charge in [-0.25, -0.2) is 4.79 Å². The maximum absolute atomic E-state index is 13.7. The van der Waals surface area contributed by atoms with Crippen LogP contribution in [-0.2, 0) is 38.2 Å². The number of aliphatic hydroxyl groups is 2. The molecule has 5 rings (SSSR count). The molecule has 0 aromatic heterocycles. The van der Waals surface area contributed by atoms with Gasteiger partial charge >= 0.3 is 23.9 Å². The number of benzene rings is 1. The number of rotatable bonds is 12. The van der Waals surface area contributed by atoms with Gasteiger partial charge in [-0.1, -0.05) is 52.8 Å². The molecule has 0 saturated heterocycles. The summed E-state index contributed by atoms with van der Waals surface area (Å²) in [5, 5.41) is 25.3. The highest BCUT2D eigenvalue weighted by molar-refractivity contribution is 6.05. The third-order valence-electron chi connectivity index (χ3n) is 11.5. The monoisotopic (exact) mass is 722 g/mol. The first-order valence-corrected chi connectivity index (χ1v) is 17.9. The molecule has 2 fully saturated rings. The van der Waals surface area contributed by atoms with Gasteiger partial charge in [-0.05, 0) is 54.7 Å². The number of hydrogen-bond donors (Lipinski definition) is 2. The van der Waals surface area contributed by atoms with Crippen LogP contribution in [0.15, 0.2) is 47.6 Å². The molecule has 0 bridgehead atoms. The van der Waals surface area contributed by atoms with Gasteiger partial charge in [0.05, 0.1) is 12.7 Å². The molecule has 1 aromatic carbocycles. The predicted octanol–water partition coefficient (Wildman–Crippen LogP) is 4.83. The molecule has 12 nitrogen and oxygen atoms in total. The largest absolute Gasteiger partial charge is 0.493 e. The van der Waals surface area contributed by atoms with E-state index in [0.29, 0.717) is 29.7 Å². The molecule has 282 valence electrons. The number of fused-ring (bicyclic) bond motifs is 5. The van der Waals surface area contributed by atoms with E-state index in [9.17, 15) is 34.2 Å². The van der Waals surface area contributed by atoms with Crippen molar-refractivity contribution in [3.05, 3.63) is 53.1 Å². The van der Waals surface area contributed by atoms with E-state index in [1.165, 1.54) is 32.3 Å². The Hall–Kier alpha value is -4.29. The van der Waals surface area contributed by atoms with Crippen LogP contribution in [0, 0.1) is 29.1 Å². The lowest BCUT2D eigenvalue weighted by Gasteiger charge is -2.53. The summed E-state index contributed by atoms with van der Waals surface area (Å²) < 4.78 is 28.6. The fourth-order valence-electron chi connectivity index (χ4n) is 9.07. The number of Topliss-reactive ketones (excluding diaryl/α,β-unsaturated/α-hetero) is 1. The van der Waals surface area contributed by atoms with Crippen LogP contribution >= 0.6 is 0 Å². The molecule has 4 aliphatic rings. The molecule has 1 aromatic rings. The predicted molar refractivity (Wildman–Crippen MR) is 188 cm³/mol. The molecule has 0 heterocycles. The zero-order valence-electron chi connectivity index (χ0n) is 31.1. The molecule has 4 aliphatic carbocycles. The minimum absolute atomic E-state index is 0.115. The van der Waals surface area contributed by atoms with E-state index in [4.69, 9.17) is 23.7 Å². The minimum atomic E-state index is -2.06. The normalized spacial score (nSPS) is 32.7. The van der Waals surface area contributed by atoms with Crippen molar-refractivity contribution in [3.63, 3.8) is 0 Å². The summed E-state index contributed by atoms with van der Waals surface area (Å²) >= 11 is 0. The van der Waals surface area contributed by atoms with E-state index in [0.717, 1.165) is 0 Å². The van der Waals surface area contributed by atoms with Crippen LogP contribution in [0.5, 0.6) is 11.5 Å². The van der Waals surface area contributed by atoms with E-state index < -0.39 is 81.7 Å². The summed E-state index contributed by atoms with van der Waals surface area (Å²) in [5.74, 6) is -5.86. The van der Waals surface area contributed by atoms with Crippen molar-refractivity contribution in [1.29, 1.82) is 0 Å². The number of ether oxygens (including phenoxy) is 5. The maximum Gasteiger partial charge on any atom is 0.331 e. The van der Waals surface area contributed by atoms with Crippen molar-refractivity contribution in [2.24, 2.45) is 29.1 Å². The fraction of sp³-hybridized carbons (Fsp3) is 0.575. The van der Waals surface area contributed by atoms with Crippen LogP contribution in [0.3, 0.4) is 0 Å². The summed E-state index contributed by atoms with van der Waals surface area (Å²) in [7, 11) is 1.43. The van der Waals surface area contributed by atoms with Gasteiger partial charge < -0.3 is 33.9 Å². The molecular weight excluding hydrogens is 672 g/mol. The minimum Gasteiger partial charge on any atom is -0.493 e. The van der Waals surface area contributed by atoms with Gasteiger partial charge in [0.1, 0.15) is 18.3 Å². The van der Waals surface area contributed by atoms with Crippen LogP contribution in [0.4, 0.5) is 0 Å². The molecule has 52 heavy (non-hydrogen) atoms. The highest BCUT2D eigenvalue weighted by atomic mass is 16.6. The van der Waals surface area contributed by atoms with Gasteiger partial charge in [-0.3, -0.25) is 19.2 Å². The average Bonchev–Trinajstić information content (AvgIpc) is 3.50. The summed E-state index contributed by atoms with van der Waals surface area (Å²) in [5.41, 5.74) is -4.94. The lowest BCUT2D eigenvalue weighted by Crippen LogP contribution is -2.66. The number of methoxy groups -OCH3 is 1. The average molecular weight is 723 g/mol. The Morgan fingerprint density at radius 1 is 1.00 bits per heavy atom. The van der Waals surface area contributed by atoms with Crippen molar-refractivity contribution in [2.45, 2.75) is 103 Å². The molecule has 2 saturated carbocycles. The first-order chi connectivity index (χ1) is 24.4. The van der Waals surface area contributed by atoms with Crippen molar-refractivity contribution in [1.82, 2.24) is 0 Å². The lowest BCUT2D eigenvalue weighted by atomic mass is 9.59. The van der Waals surface area contributed by atoms with E-state index >= 15 is 0 Å². The van der Waals surface area contributed by atoms with Gasteiger partial charge in [-0.2, -0.15) is 0 Å². The van der Waals surface area contributed by atoms with Gasteiger partial charge in [0, 0.05) is 61.3 Å². The second kappa shape index (κ2) is 14.3. The molecule has 0 unspecified atom stereocenters. The fourth-order valence-corrected chi connectivity index (χ4v) is 9.07. The van der Waals surface area contributed by atoms with Crippen LogP contribution in [0.25, 0.3) is 6.08 Å². The first-order valence-electron chi connectivity index (χ1n) is 17.9. The van der Waals surface area contributed by atoms with Crippen LogP contribution in [0.2, 0.25) is 0 Å². The van der Waals surface area contributed by atoms with Crippen LogP contribution < -0.4 is 9.47 Å². The summed E-state index contributed by atoms with van der Waals surface area (Å²) in [4.78, 5) is 64.7. The number of carbonyl (C=O) groups is 5. The number of esters is 4. The Kier molecular flexibility index (Phi) is 10.7. The maximum atomic E-state index is 13.7. The van der Waals surface area contributed by atoms with Crippen LogP contribution in [-0.4, -0.2) is 76.5 Å². The van der Waals surface area contributed by atoms with Crippen molar-refractivity contribution >= 4 is 35.7 Å². The van der Waals surface area contributed by atoms with Crippen molar-refractivity contribution < 1.29 is 57.9 Å². The van der Waals surface area contributed by atoms with Gasteiger partial charge in [0.25, 0.3) is 0 Å². The zero-order chi connectivity index (χ0) is 38.4. The summed E-state index contributed by atoms with van der Waals surface area (Å²) in [6, 6.07) is 4.76. The van der Waals surface area contributed by atoms with Gasteiger partial charge in [0.2, 0.25) is 0 Å². The zero-order valence-corrected chi connectivity index (χ0v) is 31.1. The van der Waals surface area contributed by atoms with Gasteiger partial charge in [0.15, 0.2) is 22.9 Å². The highest BCUT2D eigenvalue weighted by Crippen LogP contribution is 2.77. The van der Waals surface area contributed by atoms with E-state index in [1.54, 1.807) is 38.1 Å². The molecule has 0 radical (unpaired) electrons. The first kappa shape index (κ1) is 38.9. The Morgan fingerprint density at radius 3 is 2.31 bits per heavy atom. The Labute approximate surface area is 304 Å². The van der Waals surface area contributed by atoms with Gasteiger partial charge in [-0.15, -0.1) is 0 Å². The van der Waals surface area contributed by atoms with E-state index in [2.05, 4.69) is 0 Å². The molecule has 12 heteroatoms. The third kappa shape index (κ3) is 6.38. The Balaban J connectivity index is 1.58. The summed E-state index contributed by atoms with van der Waals surface area (Å²) in [6.07, 6.45) is 6.02.